The Balaban J connectivity index is 1.47. The highest BCUT2D eigenvalue weighted by Gasteiger charge is 2.28. The molecule has 1 amide bonds. The zero-order valence-electron chi connectivity index (χ0n) is 17.5. The minimum Gasteiger partial charge on any atom is -0.490 e. The van der Waals surface area contributed by atoms with Gasteiger partial charge >= 0.3 is 0 Å². The van der Waals surface area contributed by atoms with Crippen molar-refractivity contribution in [1.29, 1.82) is 0 Å². The van der Waals surface area contributed by atoms with E-state index in [4.69, 9.17) is 9.47 Å². The van der Waals surface area contributed by atoms with Crippen molar-refractivity contribution in [2.75, 3.05) is 20.2 Å². The maximum atomic E-state index is 14.4. The molecule has 2 aromatic carbocycles. The van der Waals surface area contributed by atoms with E-state index in [0.29, 0.717) is 28.9 Å². The number of carbonyl (C=O) groups is 1. The van der Waals surface area contributed by atoms with E-state index in [-0.39, 0.29) is 24.4 Å². The van der Waals surface area contributed by atoms with Gasteiger partial charge in [0.2, 0.25) is 0 Å². The van der Waals surface area contributed by atoms with Crippen LogP contribution < -0.4 is 4.74 Å². The molecule has 0 bridgehead atoms. The quantitative estimate of drug-likeness (QED) is 0.541. The minimum absolute atomic E-state index is 0.0488. The molecule has 4 nitrogen and oxygen atoms in total. The zero-order chi connectivity index (χ0) is 21.3. The van der Waals surface area contributed by atoms with Gasteiger partial charge in [-0.05, 0) is 49.2 Å². The second kappa shape index (κ2) is 8.74. The number of aryl methyl sites for hydroxylation is 2. The average molecular weight is 428 g/mol. The number of halogens is 1. The van der Waals surface area contributed by atoms with Gasteiger partial charge in [0.05, 0.1) is 11.5 Å². The Kier molecular flexibility index (Phi) is 6.06. The van der Waals surface area contributed by atoms with Gasteiger partial charge in [-0.15, -0.1) is 11.3 Å². The van der Waals surface area contributed by atoms with Crippen LogP contribution in [0.25, 0.3) is 10.1 Å². The van der Waals surface area contributed by atoms with Crippen molar-refractivity contribution in [3.8, 4) is 5.75 Å². The number of piperidine rings is 1. The van der Waals surface area contributed by atoms with E-state index in [1.54, 1.807) is 13.2 Å². The molecule has 1 fully saturated rings. The molecule has 0 atom stereocenters. The summed E-state index contributed by atoms with van der Waals surface area (Å²) in [6.45, 7) is 5.62. The van der Waals surface area contributed by atoms with E-state index >= 15 is 0 Å². The summed E-state index contributed by atoms with van der Waals surface area (Å²) in [5.41, 5.74) is 3.10. The SMILES string of the molecule is COCc1c(C(=O)N2CCC(Oc3ccc(C)c(C)c3)CC2)sc2cccc(F)c12. The van der Waals surface area contributed by atoms with Crippen molar-refractivity contribution in [1.82, 2.24) is 4.90 Å². The molecule has 1 aliphatic heterocycles. The first-order valence-electron chi connectivity index (χ1n) is 10.2. The predicted octanol–water partition coefficient (Wildman–Crippen LogP) is 5.49. The van der Waals surface area contributed by atoms with Crippen LogP contribution in [0.1, 0.15) is 39.2 Å². The van der Waals surface area contributed by atoms with Crippen LogP contribution in [0.2, 0.25) is 0 Å². The molecule has 158 valence electrons. The molecule has 0 aliphatic carbocycles. The number of methoxy groups -OCH3 is 1. The van der Waals surface area contributed by atoms with Crippen molar-refractivity contribution in [3.05, 3.63) is 63.8 Å². The summed E-state index contributed by atoms with van der Waals surface area (Å²) in [4.78, 5) is 15.7. The number of carbonyl (C=O) groups excluding carboxylic acids is 1. The Morgan fingerprint density at radius 2 is 1.93 bits per heavy atom. The number of nitrogens with zero attached hydrogens (tertiary/aromatic N) is 1. The number of hydrogen-bond acceptors (Lipinski definition) is 4. The van der Waals surface area contributed by atoms with Crippen LogP contribution in [0.5, 0.6) is 5.75 Å². The summed E-state index contributed by atoms with van der Waals surface area (Å²) in [5.74, 6) is 0.521. The van der Waals surface area contributed by atoms with E-state index < -0.39 is 0 Å². The summed E-state index contributed by atoms with van der Waals surface area (Å²) in [6.07, 6.45) is 1.64. The number of ether oxygens (including phenoxy) is 2. The minimum atomic E-state index is -0.310. The molecule has 0 saturated carbocycles. The van der Waals surface area contributed by atoms with Gasteiger partial charge in [-0.25, -0.2) is 4.39 Å². The van der Waals surface area contributed by atoms with Crippen LogP contribution in [0.3, 0.4) is 0 Å². The number of benzene rings is 2. The largest absolute Gasteiger partial charge is 0.490 e. The molecule has 0 N–H and O–H groups in total. The normalized spacial score (nSPS) is 15.0. The van der Waals surface area contributed by atoms with Gasteiger partial charge in [0.1, 0.15) is 17.7 Å². The number of amides is 1. The third kappa shape index (κ3) is 4.07. The third-order valence-corrected chi connectivity index (χ3v) is 6.94. The average Bonchev–Trinajstić information content (AvgIpc) is 3.11. The van der Waals surface area contributed by atoms with Crippen LogP contribution in [0, 0.1) is 19.7 Å². The lowest BCUT2D eigenvalue weighted by atomic mass is 10.1. The third-order valence-electron chi connectivity index (χ3n) is 5.76. The van der Waals surface area contributed by atoms with E-state index in [1.165, 1.54) is 28.5 Å². The van der Waals surface area contributed by atoms with Crippen molar-refractivity contribution in [2.24, 2.45) is 0 Å². The molecule has 3 aromatic rings. The summed E-state index contributed by atoms with van der Waals surface area (Å²) in [6, 6.07) is 11.1. The van der Waals surface area contributed by atoms with Crippen molar-refractivity contribution in [2.45, 2.75) is 39.4 Å². The van der Waals surface area contributed by atoms with Gasteiger partial charge in [-0.3, -0.25) is 4.79 Å². The lowest BCUT2D eigenvalue weighted by molar-refractivity contribution is 0.0596. The van der Waals surface area contributed by atoms with Gasteiger partial charge in [-0.2, -0.15) is 0 Å². The van der Waals surface area contributed by atoms with Crippen LogP contribution in [-0.2, 0) is 11.3 Å². The summed E-state index contributed by atoms with van der Waals surface area (Å²) < 4.78 is 26.6. The van der Waals surface area contributed by atoms with Crippen LogP contribution in [-0.4, -0.2) is 37.1 Å². The first-order chi connectivity index (χ1) is 14.5. The maximum Gasteiger partial charge on any atom is 0.264 e. The molecule has 1 aliphatic rings. The van der Waals surface area contributed by atoms with Crippen molar-refractivity contribution in [3.63, 3.8) is 0 Å². The van der Waals surface area contributed by atoms with Crippen LogP contribution >= 0.6 is 11.3 Å². The monoisotopic (exact) mass is 427 g/mol. The molecular weight excluding hydrogens is 401 g/mol. The molecule has 0 radical (unpaired) electrons. The summed E-state index contributed by atoms with van der Waals surface area (Å²) in [7, 11) is 1.56. The Morgan fingerprint density at radius 3 is 2.63 bits per heavy atom. The maximum absolute atomic E-state index is 14.4. The standard InChI is InChI=1S/C24H26FNO3S/c1-15-7-8-18(13-16(15)2)29-17-9-11-26(12-10-17)24(27)23-19(14-28-3)22-20(25)5-4-6-21(22)30-23/h4-8,13,17H,9-12,14H2,1-3H3. The van der Waals surface area contributed by atoms with E-state index in [9.17, 15) is 9.18 Å². The first kappa shape index (κ1) is 20.8. The number of fused-ring (bicyclic) bond motifs is 1. The number of rotatable bonds is 5. The second-order valence-corrected chi connectivity index (χ2v) is 8.86. The first-order valence-corrected chi connectivity index (χ1v) is 11.0. The summed E-state index contributed by atoms with van der Waals surface area (Å²) in [5, 5.41) is 0.501. The van der Waals surface area contributed by atoms with E-state index in [2.05, 4.69) is 26.0 Å². The number of thiophene rings is 1. The smallest absolute Gasteiger partial charge is 0.264 e. The second-order valence-electron chi connectivity index (χ2n) is 7.81. The molecule has 2 heterocycles. The Hall–Kier alpha value is -2.44. The molecule has 0 spiro atoms. The molecule has 0 unspecified atom stereocenters. The molecule has 1 saturated heterocycles. The fourth-order valence-electron chi connectivity index (χ4n) is 3.92. The van der Waals surface area contributed by atoms with E-state index in [0.717, 1.165) is 23.3 Å². The Bertz CT molecular complexity index is 1070. The van der Waals surface area contributed by atoms with Gasteiger partial charge in [0.25, 0.3) is 5.91 Å². The Labute approximate surface area is 180 Å². The topological polar surface area (TPSA) is 38.8 Å². The van der Waals surface area contributed by atoms with Crippen LogP contribution in [0.15, 0.2) is 36.4 Å². The Morgan fingerprint density at radius 1 is 1.17 bits per heavy atom. The molecule has 6 heteroatoms. The highest BCUT2D eigenvalue weighted by molar-refractivity contribution is 7.21. The lowest BCUT2D eigenvalue weighted by Gasteiger charge is -2.32. The highest BCUT2D eigenvalue weighted by atomic mass is 32.1. The molecule has 1 aromatic heterocycles. The fourth-order valence-corrected chi connectivity index (χ4v) is 5.11. The fraction of sp³-hybridized carbons (Fsp3) is 0.375. The van der Waals surface area contributed by atoms with E-state index in [1.807, 2.05) is 17.0 Å². The van der Waals surface area contributed by atoms with Gasteiger partial charge in [0.15, 0.2) is 0 Å². The van der Waals surface area contributed by atoms with Crippen LogP contribution in [0.4, 0.5) is 4.39 Å². The number of hydrogen-bond donors (Lipinski definition) is 0. The van der Waals surface area contributed by atoms with Gasteiger partial charge in [-0.1, -0.05) is 12.1 Å². The van der Waals surface area contributed by atoms with Gasteiger partial charge in [0, 0.05) is 48.7 Å². The van der Waals surface area contributed by atoms with Gasteiger partial charge < -0.3 is 14.4 Å². The number of likely N-dealkylation sites (tertiary alicyclic amines) is 1. The molecule has 30 heavy (non-hydrogen) atoms. The zero-order valence-corrected chi connectivity index (χ0v) is 18.4. The molecule has 4 rings (SSSR count). The molecular formula is C24H26FNO3S. The predicted molar refractivity (Wildman–Crippen MR) is 118 cm³/mol. The lowest BCUT2D eigenvalue weighted by Crippen LogP contribution is -2.41. The highest BCUT2D eigenvalue weighted by Crippen LogP contribution is 2.35. The summed E-state index contributed by atoms with van der Waals surface area (Å²) >= 11 is 1.34. The van der Waals surface area contributed by atoms with Crippen molar-refractivity contribution < 1.29 is 18.7 Å². The van der Waals surface area contributed by atoms with Crippen molar-refractivity contribution >= 4 is 27.3 Å².